The summed E-state index contributed by atoms with van der Waals surface area (Å²) in [6, 6.07) is 20.1. The van der Waals surface area contributed by atoms with Crippen LogP contribution in [0.2, 0.25) is 0 Å². The van der Waals surface area contributed by atoms with Crippen molar-refractivity contribution >= 4 is 39.8 Å². The number of hydrogen-bond acceptors (Lipinski definition) is 4. The number of hydrogen-bond donors (Lipinski definition) is 2. The number of rotatable bonds is 3. The number of anilines is 1. The molecule has 0 bridgehead atoms. The number of amides is 1. The first-order valence-electron chi connectivity index (χ1n) is 10.7. The average Bonchev–Trinajstić information content (AvgIpc) is 2.72. The fourth-order valence-corrected chi connectivity index (χ4v) is 4.14. The van der Waals surface area contributed by atoms with Crippen LogP contribution in [-0.2, 0) is 10.3 Å². The lowest BCUT2D eigenvalue weighted by molar-refractivity contribution is 0.0480. The molecule has 0 saturated heterocycles. The predicted octanol–water partition coefficient (Wildman–Crippen LogP) is 6.15. The highest BCUT2D eigenvalue weighted by molar-refractivity contribution is 7.80. The van der Waals surface area contributed by atoms with Gasteiger partial charge in [0, 0.05) is 0 Å². The number of thiocarbonyl (C=S) groups is 1. The van der Waals surface area contributed by atoms with E-state index in [-0.39, 0.29) is 6.10 Å². The van der Waals surface area contributed by atoms with Crippen LogP contribution in [0.5, 0.6) is 5.75 Å². The van der Waals surface area contributed by atoms with Crippen molar-refractivity contribution in [2.45, 2.75) is 51.9 Å². The van der Waals surface area contributed by atoms with Gasteiger partial charge in [-0.3, -0.25) is 0 Å². The van der Waals surface area contributed by atoms with Crippen LogP contribution in [0.1, 0.15) is 45.7 Å². The summed E-state index contributed by atoms with van der Waals surface area (Å²) in [5.41, 5.74) is 1.14. The quantitative estimate of drug-likeness (QED) is 0.471. The number of benzene rings is 3. The molecule has 3 aromatic carbocycles. The Morgan fingerprint density at radius 2 is 1.78 bits per heavy atom. The topological polar surface area (TPSA) is 59.6 Å². The van der Waals surface area contributed by atoms with Gasteiger partial charge >= 0.3 is 6.09 Å². The summed E-state index contributed by atoms with van der Waals surface area (Å²) in [6.45, 7) is 9.46. The predicted molar refractivity (Wildman–Crippen MR) is 133 cm³/mol. The molecule has 4 rings (SSSR count). The number of carbonyl (C=O) groups is 1. The molecule has 0 aromatic heterocycles. The van der Waals surface area contributed by atoms with Crippen LogP contribution in [0.25, 0.3) is 10.8 Å². The molecule has 1 amide bonds. The van der Waals surface area contributed by atoms with Crippen molar-refractivity contribution in [3.63, 3.8) is 0 Å². The van der Waals surface area contributed by atoms with Crippen LogP contribution in [0.3, 0.4) is 0 Å². The molecular weight excluding hydrogens is 420 g/mol. The zero-order valence-corrected chi connectivity index (χ0v) is 19.8. The molecule has 0 aliphatic carbocycles. The highest BCUT2D eigenvalue weighted by atomic mass is 32.1. The smallest absolute Gasteiger partial charge is 0.408 e. The highest BCUT2D eigenvalue weighted by Crippen LogP contribution is 2.39. The zero-order valence-electron chi connectivity index (χ0n) is 19.0. The maximum Gasteiger partial charge on any atom is 0.408 e. The third-order valence-corrected chi connectivity index (χ3v) is 6.00. The Morgan fingerprint density at radius 1 is 1.06 bits per heavy atom. The monoisotopic (exact) mass is 448 g/mol. The van der Waals surface area contributed by atoms with Crippen LogP contribution in [-0.4, -0.2) is 22.8 Å². The molecule has 6 heteroatoms. The van der Waals surface area contributed by atoms with Crippen molar-refractivity contribution in [3.8, 4) is 5.75 Å². The Bertz CT molecular complexity index is 1200. The average molecular weight is 449 g/mol. The van der Waals surface area contributed by atoms with Gasteiger partial charge in [-0.05, 0) is 68.7 Å². The summed E-state index contributed by atoms with van der Waals surface area (Å²) in [5.74, 6) is 0.729. The first kappa shape index (κ1) is 22.1. The second kappa shape index (κ2) is 8.10. The molecule has 166 valence electrons. The van der Waals surface area contributed by atoms with Crippen molar-refractivity contribution in [2.75, 3.05) is 5.32 Å². The second-order valence-electron chi connectivity index (χ2n) is 9.24. The van der Waals surface area contributed by atoms with E-state index in [1.807, 2.05) is 77.1 Å². The molecule has 32 heavy (non-hydrogen) atoms. The van der Waals surface area contributed by atoms with E-state index in [0.29, 0.717) is 4.99 Å². The van der Waals surface area contributed by atoms with Crippen molar-refractivity contribution in [1.82, 2.24) is 5.32 Å². The minimum Gasteiger partial charge on any atom is -0.481 e. The van der Waals surface area contributed by atoms with Crippen molar-refractivity contribution in [3.05, 3.63) is 71.8 Å². The van der Waals surface area contributed by atoms with Crippen LogP contribution < -0.4 is 15.4 Å². The summed E-state index contributed by atoms with van der Waals surface area (Å²) < 4.78 is 11.5. The van der Waals surface area contributed by atoms with E-state index in [0.717, 1.165) is 33.3 Å². The molecule has 0 fully saturated rings. The fraction of sp³-hybridized carbons (Fsp3) is 0.308. The van der Waals surface area contributed by atoms with Gasteiger partial charge in [-0.25, -0.2) is 4.79 Å². The molecule has 0 saturated carbocycles. The third-order valence-electron chi connectivity index (χ3n) is 5.57. The largest absolute Gasteiger partial charge is 0.481 e. The Kier molecular flexibility index (Phi) is 5.59. The van der Waals surface area contributed by atoms with Gasteiger partial charge in [0.1, 0.15) is 22.4 Å². The van der Waals surface area contributed by atoms with Gasteiger partial charge in [0.2, 0.25) is 0 Å². The first-order valence-corrected chi connectivity index (χ1v) is 11.1. The van der Waals surface area contributed by atoms with Gasteiger partial charge in [-0.2, -0.15) is 0 Å². The van der Waals surface area contributed by atoms with E-state index in [2.05, 4.69) is 28.8 Å². The molecule has 3 aromatic rings. The van der Waals surface area contributed by atoms with E-state index in [9.17, 15) is 4.79 Å². The van der Waals surface area contributed by atoms with E-state index < -0.39 is 17.2 Å². The highest BCUT2D eigenvalue weighted by Gasteiger charge is 2.35. The SMILES string of the molecule is CC1Oc2ccc(C(C)(NC(=O)OC(C)(C)C)c3cccc4ccccc34)cc2NC1=S. The lowest BCUT2D eigenvalue weighted by Gasteiger charge is -2.35. The molecule has 5 nitrogen and oxygen atoms in total. The Hall–Kier alpha value is -3.12. The molecule has 0 radical (unpaired) electrons. The fourth-order valence-electron chi connectivity index (χ4n) is 3.98. The van der Waals surface area contributed by atoms with Gasteiger partial charge in [-0.15, -0.1) is 0 Å². The van der Waals surface area contributed by atoms with Gasteiger partial charge in [0.15, 0.2) is 0 Å². The Labute approximate surface area is 194 Å². The molecule has 0 spiro atoms. The van der Waals surface area contributed by atoms with Gasteiger partial charge in [0.05, 0.1) is 11.2 Å². The van der Waals surface area contributed by atoms with Crippen LogP contribution >= 0.6 is 12.2 Å². The van der Waals surface area contributed by atoms with E-state index in [1.54, 1.807) is 0 Å². The van der Waals surface area contributed by atoms with Gasteiger partial charge in [0.25, 0.3) is 0 Å². The second-order valence-corrected chi connectivity index (χ2v) is 9.68. The van der Waals surface area contributed by atoms with Crippen molar-refractivity contribution < 1.29 is 14.3 Å². The number of fused-ring (bicyclic) bond motifs is 2. The summed E-state index contributed by atoms with van der Waals surface area (Å²) in [4.78, 5) is 13.6. The molecule has 1 aliphatic rings. The number of alkyl carbamates (subject to hydrolysis) is 1. The number of ether oxygens (including phenoxy) is 2. The van der Waals surface area contributed by atoms with Crippen molar-refractivity contribution in [1.29, 1.82) is 0 Å². The summed E-state index contributed by atoms with van der Waals surface area (Å²) in [6.07, 6.45) is -0.674. The van der Waals surface area contributed by atoms with E-state index in [4.69, 9.17) is 21.7 Å². The summed E-state index contributed by atoms with van der Waals surface area (Å²) >= 11 is 5.40. The standard InChI is InChI=1S/C26H28N2O3S/c1-16-23(32)27-21-15-18(13-14-22(21)30-16)26(5,28-24(29)31-25(2,3)4)20-12-8-10-17-9-6-7-11-19(17)20/h6-16H,1-5H3,(H,27,32)(H,28,29). The van der Waals surface area contributed by atoms with Crippen molar-refractivity contribution in [2.24, 2.45) is 0 Å². The van der Waals surface area contributed by atoms with Crippen LogP contribution in [0.15, 0.2) is 60.7 Å². The zero-order chi connectivity index (χ0) is 23.1. The maximum atomic E-state index is 12.9. The lowest BCUT2D eigenvalue weighted by Crippen LogP contribution is -2.46. The van der Waals surface area contributed by atoms with E-state index in [1.165, 1.54) is 0 Å². The Balaban J connectivity index is 1.86. The number of carbonyl (C=O) groups excluding carboxylic acids is 1. The molecular formula is C26H28N2O3S. The van der Waals surface area contributed by atoms with Crippen LogP contribution in [0.4, 0.5) is 10.5 Å². The third kappa shape index (κ3) is 4.28. The van der Waals surface area contributed by atoms with Gasteiger partial charge in [-0.1, -0.05) is 60.7 Å². The van der Waals surface area contributed by atoms with Crippen LogP contribution in [0, 0.1) is 0 Å². The maximum absolute atomic E-state index is 12.9. The summed E-state index contributed by atoms with van der Waals surface area (Å²) in [5, 5.41) is 8.55. The molecule has 1 aliphatic heterocycles. The number of nitrogens with one attached hydrogen (secondary N) is 2. The molecule has 2 atom stereocenters. The molecule has 2 unspecified atom stereocenters. The molecule has 2 N–H and O–H groups in total. The lowest BCUT2D eigenvalue weighted by atomic mass is 9.81. The Morgan fingerprint density at radius 3 is 2.53 bits per heavy atom. The normalized spacial score (nSPS) is 17.5. The van der Waals surface area contributed by atoms with Gasteiger partial charge < -0.3 is 20.1 Å². The first-order chi connectivity index (χ1) is 15.1. The minimum atomic E-state index is -0.870. The summed E-state index contributed by atoms with van der Waals surface area (Å²) in [7, 11) is 0. The molecule has 1 heterocycles. The van der Waals surface area contributed by atoms with E-state index >= 15 is 0 Å². The minimum absolute atomic E-state index is 0.187.